The van der Waals surface area contributed by atoms with Crippen LogP contribution in [0, 0.1) is 0 Å². The average Bonchev–Trinajstić information content (AvgIpc) is 3.11. The number of guanidine groups is 1. The fourth-order valence-corrected chi connectivity index (χ4v) is 3.57. The highest BCUT2D eigenvalue weighted by Crippen LogP contribution is 2.26. The molecule has 0 spiro atoms. The second kappa shape index (κ2) is 12.9. The van der Waals surface area contributed by atoms with Gasteiger partial charge in [-0.05, 0) is 50.8 Å². The molecular weight excluding hydrogens is 443 g/mol. The zero-order valence-electron chi connectivity index (χ0n) is 16.8. The average molecular weight is 481 g/mol. The molecule has 0 radical (unpaired) electrons. The van der Waals surface area contributed by atoms with E-state index in [1.165, 1.54) is 17.8 Å². The van der Waals surface area contributed by atoms with E-state index in [0.29, 0.717) is 6.04 Å². The van der Waals surface area contributed by atoms with Crippen molar-refractivity contribution in [1.29, 1.82) is 0 Å². The van der Waals surface area contributed by atoms with Crippen molar-refractivity contribution < 1.29 is 0 Å². The van der Waals surface area contributed by atoms with Crippen molar-refractivity contribution >= 4 is 41.3 Å². The summed E-state index contributed by atoms with van der Waals surface area (Å²) in [5, 5.41) is 9.14. The maximum absolute atomic E-state index is 4.38. The molecule has 1 heterocycles. The molecule has 2 N–H and O–H groups in total. The molecule has 0 fully saturated rings. The van der Waals surface area contributed by atoms with E-state index in [1.54, 1.807) is 0 Å². The molecule has 25 heavy (non-hydrogen) atoms. The van der Waals surface area contributed by atoms with Gasteiger partial charge in [-0.2, -0.15) is 0 Å². The summed E-state index contributed by atoms with van der Waals surface area (Å²) < 4.78 is 0. The standard InChI is InChI=1S/C19H36N4S.HI/c1-7-23(8-2)13-9-11-16(3)22-18(20-6)21-15-19(4,5)17-12-10-14-24-17;/h10,12,14,16H,7-9,11,13,15H2,1-6H3,(H2,20,21,22);1H. The van der Waals surface area contributed by atoms with Crippen molar-refractivity contribution in [3.05, 3.63) is 22.4 Å². The van der Waals surface area contributed by atoms with E-state index in [2.05, 4.69) is 72.7 Å². The highest BCUT2D eigenvalue weighted by Gasteiger charge is 2.22. The number of nitrogens with zero attached hydrogens (tertiary/aromatic N) is 2. The number of hydrogen-bond acceptors (Lipinski definition) is 3. The van der Waals surface area contributed by atoms with Gasteiger partial charge in [-0.15, -0.1) is 35.3 Å². The smallest absolute Gasteiger partial charge is 0.191 e. The fourth-order valence-electron chi connectivity index (χ4n) is 2.72. The molecule has 0 aliphatic carbocycles. The van der Waals surface area contributed by atoms with Gasteiger partial charge in [-0.25, -0.2) is 0 Å². The Hall–Kier alpha value is -0.340. The van der Waals surface area contributed by atoms with Crippen LogP contribution < -0.4 is 10.6 Å². The van der Waals surface area contributed by atoms with Crippen LogP contribution in [-0.4, -0.2) is 50.1 Å². The van der Waals surface area contributed by atoms with Crippen LogP contribution in [0.4, 0.5) is 0 Å². The van der Waals surface area contributed by atoms with Crippen LogP contribution in [0.1, 0.15) is 52.3 Å². The van der Waals surface area contributed by atoms with Gasteiger partial charge < -0.3 is 15.5 Å². The second-order valence-electron chi connectivity index (χ2n) is 7.00. The minimum Gasteiger partial charge on any atom is -0.356 e. The molecule has 0 saturated carbocycles. The summed E-state index contributed by atoms with van der Waals surface area (Å²) in [6.07, 6.45) is 2.37. The van der Waals surface area contributed by atoms with Crippen molar-refractivity contribution in [2.24, 2.45) is 4.99 Å². The van der Waals surface area contributed by atoms with Gasteiger partial charge in [0.15, 0.2) is 5.96 Å². The molecule has 0 saturated heterocycles. The largest absolute Gasteiger partial charge is 0.356 e. The predicted octanol–water partition coefficient (Wildman–Crippen LogP) is 4.32. The lowest BCUT2D eigenvalue weighted by atomic mass is 9.91. The lowest BCUT2D eigenvalue weighted by Gasteiger charge is -2.26. The maximum atomic E-state index is 4.38. The Morgan fingerprint density at radius 2 is 2.00 bits per heavy atom. The molecule has 4 nitrogen and oxygen atoms in total. The molecule has 0 bridgehead atoms. The Bertz CT molecular complexity index is 470. The molecule has 1 rings (SSSR count). The topological polar surface area (TPSA) is 39.7 Å². The highest BCUT2D eigenvalue weighted by atomic mass is 127. The van der Waals surface area contributed by atoms with Crippen LogP contribution in [0.25, 0.3) is 0 Å². The number of aliphatic imine (C=N–C) groups is 1. The number of nitrogens with one attached hydrogen (secondary N) is 2. The van der Waals surface area contributed by atoms with Crippen molar-refractivity contribution in [3.63, 3.8) is 0 Å². The molecule has 1 aromatic rings. The monoisotopic (exact) mass is 480 g/mol. The van der Waals surface area contributed by atoms with Crippen molar-refractivity contribution in [2.75, 3.05) is 33.2 Å². The summed E-state index contributed by atoms with van der Waals surface area (Å²) in [6.45, 7) is 15.6. The SMILES string of the molecule is CCN(CC)CCCC(C)NC(=NC)NCC(C)(C)c1cccs1.I. The van der Waals surface area contributed by atoms with Crippen molar-refractivity contribution in [1.82, 2.24) is 15.5 Å². The molecule has 1 atom stereocenters. The summed E-state index contributed by atoms with van der Waals surface area (Å²) in [5.41, 5.74) is 0.109. The first kappa shape index (κ1) is 24.7. The third kappa shape index (κ3) is 9.24. The first-order valence-electron chi connectivity index (χ1n) is 9.16. The predicted molar refractivity (Wildman–Crippen MR) is 124 cm³/mol. The van der Waals surface area contributed by atoms with Crippen LogP contribution in [-0.2, 0) is 5.41 Å². The summed E-state index contributed by atoms with van der Waals surface area (Å²) in [5.74, 6) is 0.898. The fraction of sp³-hybridized carbons (Fsp3) is 0.737. The molecule has 0 aromatic carbocycles. The van der Waals surface area contributed by atoms with Gasteiger partial charge in [0, 0.05) is 29.9 Å². The van der Waals surface area contributed by atoms with Gasteiger partial charge in [0.1, 0.15) is 0 Å². The number of hydrogen-bond donors (Lipinski definition) is 2. The van der Waals surface area contributed by atoms with Gasteiger partial charge >= 0.3 is 0 Å². The summed E-state index contributed by atoms with van der Waals surface area (Å²) in [4.78, 5) is 8.25. The minimum absolute atomic E-state index is 0. The Balaban J connectivity index is 0.00000576. The van der Waals surface area contributed by atoms with Gasteiger partial charge in [-0.3, -0.25) is 4.99 Å². The highest BCUT2D eigenvalue weighted by molar-refractivity contribution is 14.0. The zero-order chi connectivity index (χ0) is 18.0. The van der Waals surface area contributed by atoms with E-state index in [4.69, 9.17) is 0 Å². The number of rotatable bonds is 10. The molecule has 0 aliphatic rings. The Morgan fingerprint density at radius 3 is 2.52 bits per heavy atom. The van der Waals surface area contributed by atoms with E-state index in [0.717, 1.165) is 32.0 Å². The minimum atomic E-state index is 0. The van der Waals surface area contributed by atoms with E-state index in [1.807, 2.05) is 18.4 Å². The molecular formula is C19H37IN4S. The van der Waals surface area contributed by atoms with Gasteiger partial charge in [-0.1, -0.05) is 33.8 Å². The van der Waals surface area contributed by atoms with E-state index < -0.39 is 0 Å². The normalized spacial score (nSPS) is 13.5. The summed E-state index contributed by atoms with van der Waals surface area (Å²) >= 11 is 1.82. The Morgan fingerprint density at radius 1 is 1.32 bits per heavy atom. The molecule has 0 amide bonds. The number of thiophene rings is 1. The van der Waals surface area contributed by atoms with E-state index in [-0.39, 0.29) is 29.4 Å². The molecule has 6 heteroatoms. The quantitative estimate of drug-likeness (QED) is 0.298. The first-order valence-corrected chi connectivity index (χ1v) is 10.0. The van der Waals surface area contributed by atoms with Gasteiger partial charge in [0.25, 0.3) is 0 Å². The number of halogens is 1. The maximum Gasteiger partial charge on any atom is 0.191 e. The van der Waals surface area contributed by atoms with E-state index in [9.17, 15) is 0 Å². The summed E-state index contributed by atoms with van der Waals surface area (Å²) in [6, 6.07) is 4.75. The molecule has 1 unspecified atom stereocenters. The first-order chi connectivity index (χ1) is 11.4. The zero-order valence-corrected chi connectivity index (χ0v) is 19.9. The molecule has 146 valence electrons. The third-order valence-electron chi connectivity index (χ3n) is 4.50. The Kier molecular flexibility index (Phi) is 12.7. The van der Waals surface area contributed by atoms with Gasteiger partial charge in [0.2, 0.25) is 0 Å². The third-order valence-corrected chi connectivity index (χ3v) is 5.73. The van der Waals surface area contributed by atoms with Crippen molar-refractivity contribution in [3.8, 4) is 0 Å². The van der Waals surface area contributed by atoms with Crippen LogP contribution in [0.2, 0.25) is 0 Å². The van der Waals surface area contributed by atoms with Crippen LogP contribution >= 0.6 is 35.3 Å². The van der Waals surface area contributed by atoms with Gasteiger partial charge in [0.05, 0.1) is 0 Å². The lowest BCUT2D eigenvalue weighted by Crippen LogP contribution is -2.46. The molecule has 1 aromatic heterocycles. The van der Waals surface area contributed by atoms with Crippen LogP contribution in [0.3, 0.4) is 0 Å². The second-order valence-corrected chi connectivity index (χ2v) is 7.95. The Labute approximate surface area is 175 Å². The van der Waals surface area contributed by atoms with Crippen LogP contribution in [0.15, 0.2) is 22.5 Å². The van der Waals surface area contributed by atoms with Crippen molar-refractivity contribution in [2.45, 2.75) is 58.9 Å². The lowest BCUT2D eigenvalue weighted by molar-refractivity contribution is 0.292. The molecule has 0 aliphatic heterocycles. The summed E-state index contributed by atoms with van der Waals surface area (Å²) in [7, 11) is 1.84. The van der Waals surface area contributed by atoms with Crippen LogP contribution in [0.5, 0.6) is 0 Å². The van der Waals surface area contributed by atoms with E-state index >= 15 is 0 Å².